The predicted molar refractivity (Wildman–Crippen MR) is 277 cm³/mol. The maximum absolute atomic E-state index is 14.9. The Balaban J connectivity index is 1.84. The van der Waals surface area contributed by atoms with Crippen molar-refractivity contribution in [3.63, 3.8) is 0 Å². The molecule has 1 saturated heterocycles. The van der Waals surface area contributed by atoms with Gasteiger partial charge in [0.25, 0.3) is 0 Å². The van der Waals surface area contributed by atoms with Gasteiger partial charge in [-0.05, 0) is 95.0 Å². The number of H-pyrrole nitrogens is 1. The summed E-state index contributed by atoms with van der Waals surface area (Å²) in [6, 6.07) is 3.46. The minimum absolute atomic E-state index is 0.0156. The average molecular weight is 1010 g/mol. The van der Waals surface area contributed by atoms with Crippen LogP contribution < -0.4 is 21.7 Å². The van der Waals surface area contributed by atoms with Gasteiger partial charge in [0.1, 0.15) is 24.0 Å². The van der Waals surface area contributed by atoms with E-state index in [2.05, 4.69) is 32.8 Å². The maximum atomic E-state index is 14.9. The van der Waals surface area contributed by atoms with Crippen molar-refractivity contribution < 1.29 is 53.2 Å². The van der Waals surface area contributed by atoms with E-state index in [0.717, 1.165) is 35.6 Å². The molecule has 1 aromatic carbocycles. The number of imide groups is 1. The van der Waals surface area contributed by atoms with Crippen molar-refractivity contribution in [1.29, 1.82) is 0 Å². The maximum Gasteiger partial charge on any atom is 0.326 e. The summed E-state index contributed by atoms with van der Waals surface area (Å²) in [4.78, 5) is 101. The molecular formula is C53H88N8O11. The van der Waals surface area contributed by atoms with E-state index in [1.54, 1.807) is 20.2 Å². The number of likely N-dealkylation sites (tertiary alicyclic amines) is 1. The lowest BCUT2D eigenvalue weighted by molar-refractivity contribution is -0.203. The molecule has 0 bridgehead atoms. The Morgan fingerprint density at radius 1 is 0.903 bits per heavy atom. The largest absolute Gasteiger partial charge is 0.480 e. The van der Waals surface area contributed by atoms with Crippen molar-refractivity contribution in [2.24, 2.45) is 29.4 Å². The highest BCUT2D eigenvalue weighted by Crippen LogP contribution is 2.44. The van der Waals surface area contributed by atoms with Crippen molar-refractivity contribution in [3.8, 4) is 0 Å². The van der Waals surface area contributed by atoms with Gasteiger partial charge in [-0.1, -0.05) is 79.5 Å². The van der Waals surface area contributed by atoms with Gasteiger partial charge < -0.3 is 45.8 Å². The molecule has 0 spiro atoms. The topological polar surface area (TPSA) is 266 Å². The number of hydrogen-bond donors (Lipinski definition) is 7. The number of carboxylic acid groups (broad SMARTS) is 2. The minimum atomic E-state index is -1.22. The van der Waals surface area contributed by atoms with Crippen molar-refractivity contribution >= 4 is 52.8 Å². The lowest BCUT2D eigenvalue weighted by Crippen LogP contribution is -2.75. The summed E-state index contributed by atoms with van der Waals surface area (Å²) in [6.45, 7) is 15.0. The first-order chi connectivity index (χ1) is 34.1. The molecule has 2 aromatic rings. The van der Waals surface area contributed by atoms with E-state index in [9.17, 15) is 38.7 Å². The van der Waals surface area contributed by atoms with Crippen LogP contribution in [0.5, 0.6) is 0 Å². The number of fused-ring (bicyclic) bond motifs is 1. The number of aliphatic carboxylic acids is 2. The standard InChI is InChI=1S/C53H88N8O11/c1-12-35(6)53(43(71-10)26-30-62,61-29-20-24-42(61)47(72-11)36(7)48(64)57-41(52(69)70)31-37-32-56-40-23-16-15-21-38(37)40)60(9)46(34(4)5)50(66)58-49(65)45(33(2)3)59(8)28-19-13-14-25-44(63)55-27-18-17-22-39(54)51(67)68/h15-16,21,23,30,32-36,39,41-43,45-47,56H,12-14,17-20,22,24-29,31,54H2,1-11H3,(H,55,63)(H,57,64)(H,67,68)(H,69,70)(H,58,65,66)/t35-,36+,39-,41-,42-,43+,45-,46-,47+,53-/m0/s1. The number of ether oxygens (including phenoxy) is 2. The predicted octanol–water partition coefficient (Wildman–Crippen LogP) is 4.56. The Hall–Kier alpha value is -4.79. The molecule has 1 fully saturated rings. The smallest absolute Gasteiger partial charge is 0.326 e. The first-order valence-corrected chi connectivity index (χ1v) is 26.0. The number of carbonyl (C=O) groups is 7. The Labute approximate surface area is 427 Å². The monoisotopic (exact) mass is 1010 g/mol. The molecule has 0 aliphatic carbocycles. The number of nitrogens with one attached hydrogen (secondary N) is 4. The molecule has 1 aromatic heterocycles. The first-order valence-electron chi connectivity index (χ1n) is 26.0. The summed E-state index contributed by atoms with van der Waals surface area (Å²) in [5.74, 6) is -5.28. The third-order valence-electron chi connectivity index (χ3n) is 14.9. The molecule has 1 aliphatic rings. The Morgan fingerprint density at radius 3 is 2.17 bits per heavy atom. The number of methoxy groups -OCH3 is 2. The first kappa shape index (κ1) is 61.5. The number of benzene rings is 1. The van der Waals surface area contributed by atoms with Crippen molar-refractivity contribution in [2.75, 3.05) is 47.9 Å². The molecule has 72 heavy (non-hydrogen) atoms. The highest BCUT2D eigenvalue weighted by Gasteiger charge is 2.58. The number of amides is 4. The van der Waals surface area contributed by atoms with E-state index < -0.39 is 83.7 Å². The number of rotatable bonds is 34. The van der Waals surface area contributed by atoms with Crippen molar-refractivity contribution in [1.82, 2.24) is 35.6 Å². The van der Waals surface area contributed by atoms with E-state index >= 15 is 0 Å². The fourth-order valence-corrected chi connectivity index (χ4v) is 11.2. The Kier molecular flexibility index (Phi) is 25.5. The van der Waals surface area contributed by atoms with Crippen LogP contribution in [0.25, 0.3) is 10.9 Å². The van der Waals surface area contributed by atoms with Crippen molar-refractivity contribution in [2.45, 2.75) is 174 Å². The van der Waals surface area contributed by atoms with E-state index in [0.29, 0.717) is 71.0 Å². The second-order valence-electron chi connectivity index (χ2n) is 20.5. The number of aromatic nitrogens is 1. The Morgan fingerprint density at radius 2 is 1.57 bits per heavy atom. The third-order valence-corrected chi connectivity index (χ3v) is 14.9. The van der Waals surface area contributed by atoms with Crippen LogP contribution in [0.4, 0.5) is 0 Å². The number of nitrogens with zero attached hydrogens (tertiary/aromatic N) is 3. The highest BCUT2D eigenvalue weighted by molar-refractivity contribution is 6.00. The van der Waals surface area contributed by atoms with Crippen molar-refractivity contribution in [3.05, 3.63) is 36.0 Å². The molecule has 8 N–H and O–H groups in total. The molecule has 1 aliphatic heterocycles. The second-order valence-corrected chi connectivity index (χ2v) is 20.5. The summed E-state index contributed by atoms with van der Waals surface area (Å²) in [5.41, 5.74) is 6.01. The van der Waals surface area contributed by atoms with Crippen LogP contribution in [0.3, 0.4) is 0 Å². The number of likely N-dealkylation sites (N-methyl/N-ethyl adjacent to an activating group) is 2. The number of para-hydroxylation sites is 1. The molecule has 3 rings (SSSR count). The van der Waals surface area contributed by atoms with Gasteiger partial charge in [0.2, 0.25) is 23.6 Å². The summed E-state index contributed by atoms with van der Waals surface area (Å²) >= 11 is 0. The summed E-state index contributed by atoms with van der Waals surface area (Å²) in [7, 11) is 6.78. The number of carboxylic acids is 2. The number of hydrogen-bond acceptors (Lipinski definition) is 13. The van der Waals surface area contributed by atoms with E-state index in [-0.39, 0.29) is 36.5 Å². The number of nitrogens with two attached hydrogens (primary N) is 1. The SMILES string of the molecule is CC[C@H](C)[C@]([C@@H](CC=O)OC)(N(C)[C@H](C(=O)NC(=O)[C@H](C(C)C)N(C)CCCCCC(=O)NCCCC[C@H](N)C(=O)O)C(C)C)N1CCC[C@H]1[C@H](OC)[C@@H](C)C(=O)N[C@@H](Cc1c[nH]c2ccccc12)C(=O)O. The average Bonchev–Trinajstić information content (AvgIpc) is 3.98. The molecule has 4 amide bonds. The molecule has 2 heterocycles. The zero-order chi connectivity index (χ0) is 53.9. The molecule has 19 heteroatoms. The van der Waals surface area contributed by atoms with E-state index in [1.807, 2.05) is 82.8 Å². The lowest BCUT2D eigenvalue weighted by atomic mass is 9.78. The van der Waals surface area contributed by atoms with Gasteiger partial charge in [-0.2, -0.15) is 0 Å². The zero-order valence-corrected chi connectivity index (χ0v) is 44.9. The van der Waals surface area contributed by atoms with E-state index in [1.165, 1.54) is 7.11 Å². The van der Waals surface area contributed by atoms with Gasteiger partial charge in [0.05, 0.1) is 30.2 Å². The number of aldehydes is 1. The number of unbranched alkanes of at least 4 members (excludes halogenated alkanes) is 3. The second kappa shape index (κ2) is 29.8. The molecule has 0 saturated carbocycles. The van der Waals surface area contributed by atoms with Crippen LogP contribution in [-0.2, 0) is 49.5 Å². The molecule has 0 unspecified atom stereocenters. The van der Waals surface area contributed by atoms with Gasteiger partial charge in [0.15, 0.2) is 0 Å². The Bertz CT molecular complexity index is 2070. The fraction of sp³-hybridized carbons (Fsp3) is 0.717. The normalized spacial score (nSPS) is 18.5. The van der Waals surface area contributed by atoms with Crippen LogP contribution in [-0.4, -0.2) is 168 Å². The van der Waals surface area contributed by atoms with Crippen LogP contribution in [0, 0.1) is 23.7 Å². The molecule has 0 radical (unpaired) electrons. The van der Waals surface area contributed by atoms with Gasteiger partial charge in [-0.3, -0.25) is 44.0 Å². The van der Waals surface area contributed by atoms with Gasteiger partial charge >= 0.3 is 11.9 Å². The number of carbonyl (C=O) groups excluding carboxylic acids is 5. The summed E-state index contributed by atoms with van der Waals surface area (Å²) in [5, 5.41) is 28.6. The summed E-state index contributed by atoms with van der Waals surface area (Å²) in [6.07, 6.45) is 7.05. The summed E-state index contributed by atoms with van der Waals surface area (Å²) < 4.78 is 12.5. The van der Waals surface area contributed by atoms with Crippen LogP contribution in [0.15, 0.2) is 30.5 Å². The van der Waals surface area contributed by atoms with E-state index in [4.69, 9.17) is 20.3 Å². The molecule has 406 valence electrons. The lowest BCUT2D eigenvalue weighted by Gasteiger charge is -2.59. The van der Waals surface area contributed by atoms with Gasteiger partial charge in [-0.25, -0.2) is 4.79 Å². The minimum Gasteiger partial charge on any atom is -0.480 e. The van der Waals surface area contributed by atoms with Gasteiger partial charge in [0, 0.05) is 69.7 Å². The van der Waals surface area contributed by atoms with Gasteiger partial charge in [-0.15, -0.1) is 0 Å². The molecular weight excluding hydrogens is 925 g/mol. The fourth-order valence-electron chi connectivity index (χ4n) is 11.2. The van der Waals surface area contributed by atoms with Crippen LogP contribution >= 0.6 is 0 Å². The van der Waals surface area contributed by atoms with Crippen LogP contribution in [0.2, 0.25) is 0 Å². The zero-order valence-electron chi connectivity index (χ0n) is 44.9. The number of aromatic amines is 1. The highest BCUT2D eigenvalue weighted by atomic mass is 16.5. The quantitative estimate of drug-likeness (QED) is 0.0375. The third kappa shape index (κ3) is 15.9. The molecule has 10 atom stereocenters. The molecule has 19 nitrogen and oxygen atoms in total. The van der Waals surface area contributed by atoms with Crippen LogP contribution in [0.1, 0.15) is 125 Å².